The Morgan fingerprint density at radius 1 is 0.889 bits per heavy atom. The number of carbonyl (C=O) groups excluding carboxylic acids is 3. The first-order valence-corrected chi connectivity index (χ1v) is 26.4. The van der Waals surface area contributed by atoms with Gasteiger partial charge in [-0.15, -0.1) is 6.42 Å². The lowest BCUT2D eigenvalue weighted by molar-refractivity contribution is -0.136. The first kappa shape index (κ1) is 46.7. The van der Waals surface area contributed by atoms with Crippen LogP contribution in [0.3, 0.4) is 0 Å². The normalized spacial score (nSPS) is 23.5. The molecule has 2 unspecified atom stereocenters. The third-order valence-electron chi connectivity index (χ3n) is 17.1. The maximum Gasteiger partial charge on any atom is 0.319 e. The van der Waals surface area contributed by atoms with Crippen molar-refractivity contribution in [3.63, 3.8) is 0 Å². The Balaban J connectivity index is 0.676. The van der Waals surface area contributed by atoms with Crippen LogP contribution in [0.5, 0.6) is 11.8 Å². The van der Waals surface area contributed by atoms with E-state index in [0.717, 1.165) is 119 Å². The summed E-state index contributed by atoms with van der Waals surface area (Å²) in [7, 11) is 0. The van der Waals surface area contributed by atoms with Gasteiger partial charge in [-0.3, -0.25) is 24.6 Å². The topological polar surface area (TPSA) is 147 Å². The van der Waals surface area contributed by atoms with Crippen molar-refractivity contribution < 1.29 is 28.6 Å². The zero-order valence-corrected chi connectivity index (χ0v) is 41.2. The standard InChI is InChI=1S/C57H64FN9O5/c1-3-36-6-5-7-38-27-43(68)29-45(49(36)38)50-37(4-2)28-46-52(51(50)58)61-56(62-53(46)66-31-40-8-9-41(32-66)59-40)72-34-57(17-18-57)33-64-20-15-35(16-21-64)14-19-63-22-24-65(25-23-63)42-10-11-44-39(26-42)30-67(55(44)71)47-12-13-48(69)60-54(47)70/h1,5-7,10-11,26-29,35,40-41,47,59,68H,4,8-9,12-25,30-34H2,2H3,(H,60,69,70)/t40?,41?,47-/m0/s1. The van der Waals surface area contributed by atoms with E-state index in [1.165, 1.54) is 19.3 Å². The van der Waals surface area contributed by atoms with E-state index < -0.39 is 11.9 Å². The molecule has 6 fully saturated rings. The molecular weight excluding hydrogens is 910 g/mol. The Morgan fingerprint density at radius 3 is 2.42 bits per heavy atom. The molecule has 3 atom stereocenters. The molecule has 7 aliphatic rings. The summed E-state index contributed by atoms with van der Waals surface area (Å²) >= 11 is 0. The van der Waals surface area contributed by atoms with E-state index in [1.54, 1.807) is 17.0 Å². The smallest absolute Gasteiger partial charge is 0.319 e. The fourth-order valence-electron chi connectivity index (χ4n) is 12.8. The molecule has 3 amide bonds. The largest absolute Gasteiger partial charge is 0.508 e. The van der Waals surface area contributed by atoms with Gasteiger partial charge in [0.1, 0.15) is 23.1 Å². The highest BCUT2D eigenvalue weighted by atomic mass is 19.1. The molecule has 4 aromatic carbocycles. The van der Waals surface area contributed by atoms with Gasteiger partial charge in [-0.05, 0) is 148 Å². The van der Waals surface area contributed by atoms with Crippen molar-refractivity contribution in [2.75, 3.05) is 81.9 Å². The predicted molar refractivity (Wildman–Crippen MR) is 276 cm³/mol. The summed E-state index contributed by atoms with van der Waals surface area (Å²) in [6.07, 6.45) is 15.1. The second-order valence-corrected chi connectivity index (χ2v) is 21.8. The minimum Gasteiger partial charge on any atom is -0.508 e. The van der Waals surface area contributed by atoms with Gasteiger partial charge in [0.05, 0.1) is 6.61 Å². The number of ether oxygens (including phenoxy) is 1. The number of hydrogen-bond acceptors (Lipinski definition) is 12. The molecule has 1 saturated carbocycles. The van der Waals surface area contributed by atoms with Crippen LogP contribution in [0.1, 0.15) is 91.8 Å². The van der Waals surface area contributed by atoms with E-state index in [9.17, 15) is 19.5 Å². The number of hydrogen-bond donors (Lipinski definition) is 3. The number of imide groups is 1. The predicted octanol–water partition coefficient (Wildman–Crippen LogP) is 6.62. The van der Waals surface area contributed by atoms with Gasteiger partial charge in [-0.25, -0.2) is 4.39 Å². The number of anilines is 2. The molecule has 5 aromatic rings. The monoisotopic (exact) mass is 974 g/mol. The van der Waals surface area contributed by atoms with E-state index >= 15 is 4.39 Å². The van der Waals surface area contributed by atoms with Crippen LogP contribution in [0.2, 0.25) is 0 Å². The summed E-state index contributed by atoms with van der Waals surface area (Å²) in [5.74, 6) is 2.98. The molecule has 374 valence electrons. The van der Waals surface area contributed by atoms with Crippen LogP contribution in [0.25, 0.3) is 32.8 Å². The van der Waals surface area contributed by atoms with E-state index in [1.807, 2.05) is 43.3 Å². The molecule has 1 aliphatic carbocycles. The summed E-state index contributed by atoms with van der Waals surface area (Å²) in [6, 6.07) is 17.3. The first-order valence-electron chi connectivity index (χ1n) is 26.4. The molecule has 15 heteroatoms. The van der Waals surface area contributed by atoms with E-state index in [0.29, 0.717) is 77.5 Å². The number of amides is 3. The quantitative estimate of drug-likeness (QED) is 0.0861. The second kappa shape index (κ2) is 18.9. The second-order valence-electron chi connectivity index (χ2n) is 21.8. The summed E-state index contributed by atoms with van der Waals surface area (Å²) < 4.78 is 24.2. The van der Waals surface area contributed by atoms with Crippen LogP contribution in [-0.2, 0) is 22.6 Å². The lowest BCUT2D eigenvalue weighted by Crippen LogP contribution is -2.52. The van der Waals surface area contributed by atoms with Gasteiger partial charge in [0.2, 0.25) is 11.8 Å². The van der Waals surface area contributed by atoms with Crippen LogP contribution in [-0.4, -0.2) is 138 Å². The van der Waals surface area contributed by atoms with Gasteiger partial charge in [-0.2, -0.15) is 9.97 Å². The summed E-state index contributed by atoms with van der Waals surface area (Å²) in [5, 5.41) is 19.2. The number of fused-ring (bicyclic) bond motifs is 5. The fourth-order valence-corrected chi connectivity index (χ4v) is 12.8. The van der Waals surface area contributed by atoms with Crippen LogP contribution in [0.15, 0.2) is 54.6 Å². The highest BCUT2D eigenvalue weighted by Gasteiger charge is 2.46. The number of phenolic OH excluding ortho intramolecular Hbond substituents is 1. The van der Waals surface area contributed by atoms with Crippen molar-refractivity contribution >= 4 is 50.9 Å². The third-order valence-corrected chi connectivity index (χ3v) is 17.1. The minimum atomic E-state index is -0.605. The van der Waals surface area contributed by atoms with Crippen LogP contribution >= 0.6 is 0 Å². The van der Waals surface area contributed by atoms with Crippen LogP contribution < -0.4 is 25.2 Å². The Kier molecular flexibility index (Phi) is 12.3. The molecule has 6 aliphatic heterocycles. The number of aromatic hydroxyl groups is 1. The molecule has 2 bridgehead atoms. The van der Waals surface area contributed by atoms with E-state index in [2.05, 4.69) is 42.2 Å². The Hall–Kier alpha value is -6.34. The number of aromatic nitrogens is 2. The Labute approximate surface area is 420 Å². The number of halogens is 1. The molecule has 1 aromatic heterocycles. The minimum absolute atomic E-state index is 0.0162. The number of terminal acetylenes is 1. The molecule has 12 rings (SSSR count). The number of piperazine rings is 2. The number of phenols is 1. The lowest BCUT2D eigenvalue weighted by Gasteiger charge is -2.38. The maximum absolute atomic E-state index is 17.6. The van der Waals surface area contributed by atoms with Gasteiger partial charge in [0.25, 0.3) is 5.91 Å². The van der Waals surface area contributed by atoms with E-state index in [4.69, 9.17) is 21.1 Å². The number of rotatable bonds is 13. The summed E-state index contributed by atoms with van der Waals surface area (Å²) in [4.78, 5) is 59.0. The zero-order valence-electron chi connectivity index (χ0n) is 41.2. The fraction of sp³-hybridized carbons (Fsp3) is 0.491. The molecule has 7 heterocycles. The van der Waals surface area contributed by atoms with Crippen molar-refractivity contribution in [2.24, 2.45) is 11.3 Å². The van der Waals surface area contributed by atoms with Crippen molar-refractivity contribution in [3.8, 4) is 35.2 Å². The highest BCUT2D eigenvalue weighted by molar-refractivity contribution is 6.06. The SMILES string of the molecule is C#Cc1cccc2cc(O)cc(-c3c(CC)cc4c(N5CC6CCC(C5)N6)nc(OCC5(CN6CCC(CCN7CCN(c8ccc9c(c8)CN([C@H]8CCC(=O)NC8=O)C9=O)CC7)CC6)CC5)nc4c3F)c12. The molecule has 0 radical (unpaired) electrons. The Morgan fingerprint density at radius 2 is 1.68 bits per heavy atom. The van der Waals surface area contributed by atoms with Gasteiger partial charge in [0, 0.05) is 109 Å². The van der Waals surface area contributed by atoms with Gasteiger partial charge >= 0.3 is 6.01 Å². The third kappa shape index (κ3) is 8.89. The summed E-state index contributed by atoms with van der Waals surface area (Å²) in [6.45, 7) is 12.5. The van der Waals surface area contributed by atoms with Crippen molar-refractivity contribution in [3.05, 3.63) is 82.7 Å². The van der Waals surface area contributed by atoms with Gasteiger partial charge in [0.15, 0.2) is 5.82 Å². The van der Waals surface area contributed by atoms with Crippen LogP contribution in [0.4, 0.5) is 15.9 Å². The number of aryl methyl sites for hydroxylation is 1. The molecular formula is C57H64FN9O5. The Bertz CT molecular complexity index is 3020. The highest BCUT2D eigenvalue weighted by Crippen LogP contribution is 2.48. The lowest BCUT2D eigenvalue weighted by atomic mass is 9.89. The number of carbonyl (C=O) groups is 3. The maximum atomic E-state index is 17.6. The average molecular weight is 974 g/mol. The number of nitrogens with one attached hydrogen (secondary N) is 2. The van der Waals surface area contributed by atoms with Gasteiger partial charge in [-0.1, -0.05) is 25.0 Å². The molecule has 72 heavy (non-hydrogen) atoms. The average Bonchev–Trinajstić information content (AvgIpc) is 3.97. The number of benzene rings is 4. The number of nitrogens with zero attached hydrogens (tertiary/aromatic N) is 7. The van der Waals surface area contributed by atoms with Crippen LogP contribution in [0, 0.1) is 29.5 Å². The molecule has 0 spiro atoms. The summed E-state index contributed by atoms with van der Waals surface area (Å²) in [5.41, 5.74) is 5.32. The number of piperidine rings is 2. The van der Waals surface area contributed by atoms with Crippen molar-refractivity contribution in [1.29, 1.82) is 0 Å². The van der Waals surface area contributed by atoms with Crippen molar-refractivity contribution in [2.45, 2.75) is 95.8 Å². The number of likely N-dealkylation sites (tertiary alicyclic amines) is 1. The van der Waals surface area contributed by atoms with Gasteiger partial charge < -0.3 is 34.8 Å². The molecule has 14 nitrogen and oxygen atoms in total. The molecule has 3 N–H and O–H groups in total. The van der Waals surface area contributed by atoms with Crippen molar-refractivity contribution in [1.82, 2.24) is 35.3 Å². The first-order chi connectivity index (χ1) is 35.0. The molecule has 5 saturated heterocycles. The van der Waals surface area contributed by atoms with E-state index in [-0.39, 0.29) is 46.8 Å². The zero-order chi connectivity index (χ0) is 49.3.